The lowest BCUT2D eigenvalue weighted by Gasteiger charge is -2.34. The van der Waals surface area contributed by atoms with Gasteiger partial charge in [0.1, 0.15) is 0 Å². The SMILES string of the molecule is O=C(CCN1CCCCC1CO)NC1CCCc2ccccc21. The van der Waals surface area contributed by atoms with E-state index >= 15 is 0 Å². The number of benzene rings is 1. The second-order valence-electron chi connectivity index (χ2n) is 6.83. The molecule has 2 atom stereocenters. The number of hydrogen-bond donors (Lipinski definition) is 2. The Kier molecular flexibility index (Phi) is 5.68. The topological polar surface area (TPSA) is 52.6 Å². The quantitative estimate of drug-likeness (QED) is 0.877. The molecule has 1 saturated heterocycles. The molecular weight excluding hydrogens is 288 g/mol. The summed E-state index contributed by atoms with van der Waals surface area (Å²) in [5.41, 5.74) is 2.67. The summed E-state index contributed by atoms with van der Waals surface area (Å²) in [6.07, 6.45) is 7.23. The lowest BCUT2D eigenvalue weighted by atomic mass is 9.87. The second kappa shape index (κ2) is 7.93. The van der Waals surface area contributed by atoms with Crippen LogP contribution in [-0.2, 0) is 11.2 Å². The molecule has 1 fully saturated rings. The van der Waals surface area contributed by atoms with Crippen molar-refractivity contribution < 1.29 is 9.90 Å². The Hall–Kier alpha value is -1.39. The van der Waals surface area contributed by atoms with Gasteiger partial charge in [0.05, 0.1) is 12.6 Å². The van der Waals surface area contributed by atoms with Gasteiger partial charge in [0.15, 0.2) is 0 Å². The van der Waals surface area contributed by atoms with Gasteiger partial charge in [-0.15, -0.1) is 0 Å². The van der Waals surface area contributed by atoms with Crippen LogP contribution in [0.15, 0.2) is 24.3 Å². The maximum atomic E-state index is 12.4. The maximum Gasteiger partial charge on any atom is 0.221 e. The summed E-state index contributed by atoms with van der Waals surface area (Å²) in [6.45, 7) is 1.97. The lowest BCUT2D eigenvalue weighted by molar-refractivity contribution is -0.122. The van der Waals surface area contributed by atoms with Gasteiger partial charge in [0, 0.05) is 19.0 Å². The molecule has 1 aromatic rings. The van der Waals surface area contributed by atoms with Crippen LogP contribution in [0, 0.1) is 0 Å². The molecule has 1 heterocycles. The molecule has 0 radical (unpaired) electrons. The zero-order valence-electron chi connectivity index (χ0n) is 13.8. The molecule has 0 saturated carbocycles. The molecule has 2 N–H and O–H groups in total. The minimum Gasteiger partial charge on any atom is -0.395 e. The number of carbonyl (C=O) groups excluding carboxylic acids is 1. The molecule has 4 nitrogen and oxygen atoms in total. The first-order valence-electron chi connectivity index (χ1n) is 9.00. The van der Waals surface area contributed by atoms with E-state index in [0.29, 0.717) is 6.42 Å². The standard InChI is InChI=1S/C19H28N2O2/c22-14-16-8-3-4-12-21(16)13-11-19(23)20-18-10-5-7-15-6-1-2-9-17(15)18/h1-2,6,9,16,18,22H,3-5,7-8,10-14H2,(H,20,23). The van der Waals surface area contributed by atoms with Crippen molar-refractivity contribution in [2.75, 3.05) is 19.7 Å². The zero-order valence-corrected chi connectivity index (χ0v) is 13.8. The van der Waals surface area contributed by atoms with Crippen LogP contribution in [0.25, 0.3) is 0 Å². The molecule has 1 amide bonds. The van der Waals surface area contributed by atoms with Crippen molar-refractivity contribution in [3.63, 3.8) is 0 Å². The van der Waals surface area contributed by atoms with Crippen molar-refractivity contribution in [2.45, 2.75) is 57.0 Å². The van der Waals surface area contributed by atoms with Crippen LogP contribution in [0.3, 0.4) is 0 Å². The van der Waals surface area contributed by atoms with Crippen molar-refractivity contribution in [1.82, 2.24) is 10.2 Å². The number of piperidine rings is 1. The Morgan fingerprint density at radius 2 is 2.09 bits per heavy atom. The van der Waals surface area contributed by atoms with Crippen LogP contribution >= 0.6 is 0 Å². The number of hydrogen-bond acceptors (Lipinski definition) is 3. The Morgan fingerprint density at radius 3 is 2.96 bits per heavy atom. The number of nitrogens with zero attached hydrogens (tertiary/aromatic N) is 1. The van der Waals surface area contributed by atoms with E-state index in [1.807, 2.05) is 0 Å². The number of carbonyl (C=O) groups is 1. The van der Waals surface area contributed by atoms with Crippen molar-refractivity contribution >= 4 is 5.91 Å². The fourth-order valence-electron chi connectivity index (χ4n) is 3.98. The number of aliphatic hydroxyl groups is 1. The molecule has 0 bridgehead atoms. The minimum atomic E-state index is 0.133. The average Bonchev–Trinajstić information content (AvgIpc) is 2.60. The highest BCUT2D eigenvalue weighted by Crippen LogP contribution is 2.29. The summed E-state index contributed by atoms with van der Waals surface area (Å²) in [7, 11) is 0. The predicted octanol–water partition coefficient (Wildman–Crippen LogP) is 2.42. The Labute approximate surface area is 138 Å². The number of nitrogens with one attached hydrogen (secondary N) is 1. The highest BCUT2D eigenvalue weighted by Gasteiger charge is 2.24. The van der Waals surface area contributed by atoms with Crippen molar-refractivity contribution in [3.8, 4) is 0 Å². The number of rotatable bonds is 5. The van der Waals surface area contributed by atoms with Gasteiger partial charge in [-0.3, -0.25) is 9.69 Å². The third-order valence-corrected chi connectivity index (χ3v) is 5.29. The van der Waals surface area contributed by atoms with Crippen LogP contribution in [-0.4, -0.2) is 41.7 Å². The van der Waals surface area contributed by atoms with Crippen LogP contribution in [0.2, 0.25) is 0 Å². The van der Waals surface area contributed by atoms with Gasteiger partial charge in [-0.25, -0.2) is 0 Å². The van der Waals surface area contributed by atoms with Gasteiger partial charge in [0.25, 0.3) is 0 Å². The monoisotopic (exact) mass is 316 g/mol. The summed E-state index contributed by atoms with van der Waals surface area (Å²) in [5, 5.41) is 12.7. The summed E-state index contributed by atoms with van der Waals surface area (Å²) in [6, 6.07) is 8.87. The molecule has 0 aromatic heterocycles. The van der Waals surface area contributed by atoms with Gasteiger partial charge < -0.3 is 10.4 Å². The van der Waals surface area contributed by atoms with Crippen LogP contribution in [0.5, 0.6) is 0 Å². The summed E-state index contributed by atoms with van der Waals surface area (Å²) in [5.74, 6) is 0.133. The third kappa shape index (κ3) is 4.12. The van der Waals surface area contributed by atoms with E-state index in [2.05, 4.69) is 34.5 Å². The first kappa shape index (κ1) is 16.5. The Morgan fingerprint density at radius 1 is 1.22 bits per heavy atom. The maximum absolute atomic E-state index is 12.4. The van der Waals surface area contributed by atoms with Gasteiger partial charge in [-0.1, -0.05) is 30.7 Å². The third-order valence-electron chi connectivity index (χ3n) is 5.29. The van der Waals surface area contributed by atoms with Gasteiger partial charge in [-0.05, 0) is 49.8 Å². The van der Waals surface area contributed by atoms with Gasteiger partial charge >= 0.3 is 0 Å². The summed E-state index contributed by atoms with van der Waals surface area (Å²) < 4.78 is 0. The predicted molar refractivity (Wildman–Crippen MR) is 91.2 cm³/mol. The Bertz CT molecular complexity index is 532. The zero-order chi connectivity index (χ0) is 16.1. The van der Waals surface area contributed by atoms with Crippen molar-refractivity contribution in [3.05, 3.63) is 35.4 Å². The highest BCUT2D eigenvalue weighted by atomic mass is 16.3. The van der Waals surface area contributed by atoms with Crippen molar-refractivity contribution in [2.24, 2.45) is 0 Å². The molecule has 4 heteroatoms. The van der Waals surface area contributed by atoms with E-state index in [-0.39, 0.29) is 24.6 Å². The smallest absolute Gasteiger partial charge is 0.221 e. The summed E-state index contributed by atoms with van der Waals surface area (Å²) >= 11 is 0. The van der Waals surface area contributed by atoms with Gasteiger partial charge in [-0.2, -0.15) is 0 Å². The van der Waals surface area contributed by atoms with E-state index < -0.39 is 0 Å². The molecule has 1 aliphatic heterocycles. The number of fused-ring (bicyclic) bond motifs is 1. The fourth-order valence-corrected chi connectivity index (χ4v) is 3.98. The minimum absolute atomic E-state index is 0.133. The first-order chi connectivity index (χ1) is 11.3. The van der Waals surface area contributed by atoms with E-state index in [9.17, 15) is 9.90 Å². The number of aryl methyl sites for hydroxylation is 1. The molecule has 1 aromatic carbocycles. The largest absolute Gasteiger partial charge is 0.395 e. The van der Waals surface area contributed by atoms with Crippen LogP contribution < -0.4 is 5.32 Å². The van der Waals surface area contributed by atoms with E-state index in [0.717, 1.165) is 38.8 Å². The van der Waals surface area contributed by atoms with E-state index in [1.54, 1.807) is 0 Å². The molecule has 23 heavy (non-hydrogen) atoms. The molecule has 2 unspecified atom stereocenters. The van der Waals surface area contributed by atoms with E-state index in [1.165, 1.54) is 24.0 Å². The fraction of sp³-hybridized carbons (Fsp3) is 0.632. The molecule has 0 spiro atoms. The molecule has 126 valence electrons. The molecule has 2 aliphatic rings. The normalized spacial score (nSPS) is 24.9. The second-order valence-corrected chi connectivity index (χ2v) is 6.83. The van der Waals surface area contributed by atoms with Gasteiger partial charge in [0.2, 0.25) is 5.91 Å². The van der Waals surface area contributed by atoms with Crippen LogP contribution in [0.4, 0.5) is 0 Å². The summed E-state index contributed by atoms with van der Waals surface area (Å²) in [4.78, 5) is 14.6. The highest BCUT2D eigenvalue weighted by molar-refractivity contribution is 5.76. The lowest BCUT2D eigenvalue weighted by Crippen LogP contribution is -2.43. The number of amides is 1. The number of aliphatic hydroxyl groups excluding tert-OH is 1. The van der Waals surface area contributed by atoms with Crippen molar-refractivity contribution in [1.29, 1.82) is 0 Å². The molecule has 1 aliphatic carbocycles. The molecule has 3 rings (SSSR count). The first-order valence-corrected chi connectivity index (χ1v) is 9.00. The van der Waals surface area contributed by atoms with E-state index in [4.69, 9.17) is 0 Å². The molecular formula is C19H28N2O2. The van der Waals surface area contributed by atoms with Crippen LogP contribution in [0.1, 0.15) is 55.7 Å². The Balaban J connectivity index is 1.52. The number of likely N-dealkylation sites (tertiary alicyclic amines) is 1. The average molecular weight is 316 g/mol.